The number of halogens is 1. The molecular formula is C8H9ClN2O. The van der Waals surface area contributed by atoms with Gasteiger partial charge in [0.25, 0.3) is 5.91 Å². The Kier molecular flexibility index (Phi) is 2.68. The van der Waals surface area contributed by atoms with E-state index in [-0.39, 0.29) is 5.91 Å². The van der Waals surface area contributed by atoms with Crippen molar-refractivity contribution in [2.75, 3.05) is 7.05 Å². The number of carbonyl (C=O) groups excluding carboxylic acids is 1. The Hall–Kier alpha value is -1.06. The highest BCUT2D eigenvalue weighted by atomic mass is 35.5. The van der Waals surface area contributed by atoms with Gasteiger partial charge in [0, 0.05) is 17.6 Å². The number of amides is 1. The minimum Gasteiger partial charge on any atom is -0.280 e. The van der Waals surface area contributed by atoms with Crippen LogP contribution in [-0.2, 0) is 0 Å². The van der Waals surface area contributed by atoms with E-state index >= 15 is 0 Å². The van der Waals surface area contributed by atoms with Gasteiger partial charge in [-0.2, -0.15) is 0 Å². The predicted molar refractivity (Wildman–Crippen MR) is 47.7 cm³/mol. The quantitative estimate of drug-likeness (QED) is 0.406. The summed E-state index contributed by atoms with van der Waals surface area (Å²) in [5.74, 6) is 5.03. The summed E-state index contributed by atoms with van der Waals surface area (Å²) in [7, 11) is 1.50. The average Bonchev–Trinajstić information content (AvgIpc) is 2.04. The Labute approximate surface area is 75.7 Å². The smallest absolute Gasteiger partial charge is 0.267 e. The predicted octanol–water partition coefficient (Wildman–Crippen LogP) is 1.29. The molecule has 0 spiro atoms. The highest BCUT2D eigenvalue weighted by Gasteiger charge is 2.06. The van der Waals surface area contributed by atoms with E-state index in [0.717, 1.165) is 5.01 Å². The molecule has 0 unspecified atom stereocenters. The summed E-state index contributed by atoms with van der Waals surface area (Å²) < 4.78 is 0. The number of hydrazine groups is 1. The van der Waals surface area contributed by atoms with Gasteiger partial charge in [-0.25, -0.2) is 5.84 Å². The number of rotatable bonds is 1. The molecule has 0 heterocycles. The fraction of sp³-hybridized carbons (Fsp3) is 0.125. The molecular weight excluding hydrogens is 176 g/mol. The lowest BCUT2D eigenvalue weighted by Crippen LogP contribution is -2.32. The molecule has 0 aliphatic heterocycles. The standard InChI is InChI=1S/C8H9ClN2O/c1-11(10)8(12)6-2-4-7(9)5-3-6/h2-5H,10H2,1H3. The maximum atomic E-state index is 11.2. The molecule has 0 saturated carbocycles. The third-order valence-corrected chi connectivity index (χ3v) is 1.66. The van der Waals surface area contributed by atoms with E-state index in [1.54, 1.807) is 24.3 Å². The Morgan fingerprint density at radius 3 is 2.33 bits per heavy atom. The van der Waals surface area contributed by atoms with Crippen molar-refractivity contribution in [2.45, 2.75) is 0 Å². The molecule has 4 heteroatoms. The summed E-state index contributed by atoms with van der Waals surface area (Å²) in [6, 6.07) is 6.57. The monoisotopic (exact) mass is 184 g/mol. The van der Waals surface area contributed by atoms with Crippen molar-refractivity contribution in [1.82, 2.24) is 5.01 Å². The summed E-state index contributed by atoms with van der Waals surface area (Å²) in [5.41, 5.74) is 0.532. The first-order valence-electron chi connectivity index (χ1n) is 3.39. The molecule has 0 aliphatic carbocycles. The minimum atomic E-state index is -0.230. The zero-order valence-electron chi connectivity index (χ0n) is 6.62. The van der Waals surface area contributed by atoms with Crippen molar-refractivity contribution in [3.63, 3.8) is 0 Å². The number of hydrogen-bond acceptors (Lipinski definition) is 2. The SMILES string of the molecule is CN(N)C(=O)c1ccc(Cl)cc1. The van der Waals surface area contributed by atoms with E-state index in [1.165, 1.54) is 7.05 Å². The van der Waals surface area contributed by atoms with Crippen LogP contribution in [0.25, 0.3) is 0 Å². The molecule has 0 radical (unpaired) electrons. The molecule has 2 N–H and O–H groups in total. The molecule has 0 atom stereocenters. The molecule has 64 valence electrons. The van der Waals surface area contributed by atoms with Crippen LogP contribution in [0, 0.1) is 0 Å². The lowest BCUT2D eigenvalue weighted by molar-refractivity contribution is 0.0795. The lowest BCUT2D eigenvalue weighted by atomic mass is 10.2. The van der Waals surface area contributed by atoms with Crippen LogP contribution in [-0.4, -0.2) is 18.0 Å². The van der Waals surface area contributed by atoms with E-state index in [1.807, 2.05) is 0 Å². The zero-order valence-corrected chi connectivity index (χ0v) is 7.38. The number of nitrogens with two attached hydrogens (primary N) is 1. The molecule has 1 aromatic carbocycles. The number of benzene rings is 1. The first-order chi connectivity index (χ1) is 5.61. The van der Waals surface area contributed by atoms with Gasteiger partial charge in [0.05, 0.1) is 0 Å². The topological polar surface area (TPSA) is 46.3 Å². The maximum absolute atomic E-state index is 11.2. The van der Waals surface area contributed by atoms with Crippen LogP contribution in [0.4, 0.5) is 0 Å². The first-order valence-corrected chi connectivity index (χ1v) is 3.77. The maximum Gasteiger partial charge on any atom is 0.267 e. The van der Waals surface area contributed by atoms with Gasteiger partial charge in [-0.3, -0.25) is 9.80 Å². The molecule has 0 aromatic heterocycles. The Morgan fingerprint density at radius 2 is 1.92 bits per heavy atom. The van der Waals surface area contributed by atoms with Crippen LogP contribution in [0.3, 0.4) is 0 Å². The van der Waals surface area contributed by atoms with Crippen LogP contribution < -0.4 is 5.84 Å². The summed E-state index contributed by atoms with van der Waals surface area (Å²) >= 11 is 5.64. The van der Waals surface area contributed by atoms with Crippen molar-refractivity contribution in [1.29, 1.82) is 0 Å². The third kappa shape index (κ3) is 1.96. The van der Waals surface area contributed by atoms with Gasteiger partial charge in [0.2, 0.25) is 0 Å². The van der Waals surface area contributed by atoms with Crippen LogP contribution in [0.5, 0.6) is 0 Å². The van der Waals surface area contributed by atoms with Gasteiger partial charge >= 0.3 is 0 Å². The largest absolute Gasteiger partial charge is 0.280 e. The lowest BCUT2D eigenvalue weighted by Gasteiger charge is -2.08. The van der Waals surface area contributed by atoms with E-state index in [4.69, 9.17) is 17.4 Å². The van der Waals surface area contributed by atoms with Crippen molar-refractivity contribution < 1.29 is 4.79 Å². The van der Waals surface area contributed by atoms with E-state index < -0.39 is 0 Å². The number of hydrogen-bond donors (Lipinski definition) is 1. The van der Waals surface area contributed by atoms with Crippen molar-refractivity contribution in [3.05, 3.63) is 34.9 Å². The minimum absolute atomic E-state index is 0.230. The van der Waals surface area contributed by atoms with Gasteiger partial charge in [0.15, 0.2) is 0 Å². The fourth-order valence-corrected chi connectivity index (χ4v) is 0.922. The molecule has 0 bridgehead atoms. The second-order valence-electron chi connectivity index (χ2n) is 2.42. The van der Waals surface area contributed by atoms with Crippen LogP contribution in [0.15, 0.2) is 24.3 Å². The van der Waals surface area contributed by atoms with Gasteiger partial charge in [-0.1, -0.05) is 11.6 Å². The molecule has 1 rings (SSSR count). The zero-order chi connectivity index (χ0) is 9.14. The Morgan fingerprint density at radius 1 is 1.42 bits per heavy atom. The Balaban J connectivity index is 2.90. The number of nitrogens with zero attached hydrogens (tertiary/aromatic N) is 1. The van der Waals surface area contributed by atoms with E-state index in [9.17, 15) is 4.79 Å². The second-order valence-corrected chi connectivity index (χ2v) is 2.86. The average molecular weight is 185 g/mol. The fourth-order valence-electron chi connectivity index (χ4n) is 0.796. The Bertz CT molecular complexity index is 282. The second kappa shape index (κ2) is 3.56. The highest BCUT2D eigenvalue weighted by Crippen LogP contribution is 2.09. The summed E-state index contributed by atoms with van der Waals surface area (Å²) in [4.78, 5) is 11.2. The van der Waals surface area contributed by atoms with Crippen LogP contribution in [0.2, 0.25) is 5.02 Å². The molecule has 1 aromatic rings. The molecule has 0 saturated heterocycles. The first kappa shape index (κ1) is 9.03. The molecule has 0 aliphatic rings. The summed E-state index contributed by atoms with van der Waals surface area (Å²) in [5, 5.41) is 1.63. The van der Waals surface area contributed by atoms with Crippen molar-refractivity contribution in [3.8, 4) is 0 Å². The van der Waals surface area contributed by atoms with Crippen molar-refractivity contribution in [2.24, 2.45) is 5.84 Å². The summed E-state index contributed by atoms with van der Waals surface area (Å²) in [6.07, 6.45) is 0. The third-order valence-electron chi connectivity index (χ3n) is 1.41. The van der Waals surface area contributed by atoms with Crippen molar-refractivity contribution >= 4 is 17.5 Å². The van der Waals surface area contributed by atoms with Gasteiger partial charge in [0.1, 0.15) is 0 Å². The van der Waals surface area contributed by atoms with E-state index in [2.05, 4.69) is 0 Å². The normalized spacial score (nSPS) is 9.58. The van der Waals surface area contributed by atoms with Crippen LogP contribution >= 0.6 is 11.6 Å². The number of carbonyl (C=O) groups is 1. The van der Waals surface area contributed by atoms with Crippen LogP contribution in [0.1, 0.15) is 10.4 Å². The molecule has 0 fully saturated rings. The van der Waals surface area contributed by atoms with Gasteiger partial charge in [-0.05, 0) is 24.3 Å². The van der Waals surface area contributed by atoms with E-state index in [0.29, 0.717) is 10.6 Å². The highest BCUT2D eigenvalue weighted by molar-refractivity contribution is 6.30. The van der Waals surface area contributed by atoms with Gasteiger partial charge < -0.3 is 0 Å². The molecule has 12 heavy (non-hydrogen) atoms. The molecule has 1 amide bonds. The molecule has 3 nitrogen and oxygen atoms in total. The van der Waals surface area contributed by atoms with Gasteiger partial charge in [-0.15, -0.1) is 0 Å². The summed E-state index contributed by atoms with van der Waals surface area (Å²) in [6.45, 7) is 0.